The summed E-state index contributed by atoms with van der Waals surface area (Å²) in [6, 6.07) is 11.7. The minimum atomic E-state index is 0.0144. The minimum Gasteiger partial charge on any atom is -0.378 e. The van der Waals surface area contributed by atoms with Crippen LogP contribution in [0.4, 0.5) is 5.69 Å². The summed E-state index contributed by atoms with van der Waals surface area (Å²) in [6.07, 6.45) is 4.58. The molecule has 2 bridgehead atoms. The van der Waals surface area contributed by atoms with Crippen molar-refractivity contribution in [2.24, 2.45) is 13.0 Å². The van der Waals surface area contributed by atoms with Crippen molar-refractivity contribution in [3.63, 3.8) is 0 Å². The lowest BCUT2D eigenvalue weighted by atomic mass is 9.82. The highest BCUT2D eigenvalue weighted by Gasteiger charge is 2.37. The van der Waals surface area contributed by atoms with E-state index in [0.717, 1.165) is 17.8 Å². The summed E-state index contributed by atoms with van der Waals surface area (Å²) >= 11 is 0. The van der Waals surface area contributed by atoms with Crippen molar-refractivity contribution < 1.29 is 4.79 Å². The zero-order valence-corrected chi connectivity index (χ0v) is 18.2. The number of rotatable bonds is 3. The summed E-state index contributed by atoms with van der Waals surface area (Å²) in [7, 11) is 5.87. The summed E-state index contributed by atoms with van der Waals surface area (Å²) in [5.74, 6) is 1.22. The van der Waals surface area contributed by atoms with Gasteiger partial charge in [-0.3, -0.25) is 9.59 Å². The number of hydrogen-bond donors (Lipinski definition) is 0. The summed E-state index contributed by atoms with van der Waals surface area (Å²) < 4.78 is 3.78. The number of imidazole rings is 1. The minimum absolute atomic E-state index is 0.0144. The summed E-state index contributed by atoms with van der Waals surface area (Å²) in [4.78, 5) is 34.7. The number of piperidine rings is 1. The molecule has 2 aliphatic rings. The van der Waals surface area contributed by atoms with Crippen molar-refractivity contribution >= 4 is 11.6 Å². The SMILES string of the molecule is CN(C)c1ccc(C(=O)N2C[C@@H]3C[C@H](C2)c2ccc(-c4nccn4C)c(=O)n2C3)cc1. The van der Waals surface area contributed by atoms with Crippen LogP contribution in [0.1, 0.15) is 28.4 Å². The van der Waals surface area contributed by atoms with Crippen LogP contribution < -0.4 is 10.5 Å². The van der Waals surface area contributed by atoms with Gasteiger partial charge in [0.1, 0.15) is 5.82 Å². The van der Waals surface area contributed by atoms with Crippen LogP contribution in [-0.4, -0.2) is 52.1 Å². The highest BCUT2D eigenvalue weighted by Crippen LogP contribution is 2.36. The maximum absolute atomic E-state index is 13.2. The van der Waals surface area contributed by atoms with Gasteiger partial charge in [-0.25, -0.2) is 4.98 Å². The average Bonchev–Trinajstić information content (AvgIpc) is 3.19. The van der Waals surface area contributed by atoms with Crippen molar-refractivity contribution in [1.29, 1.82) is 0 Å². The Kier molecular flexibility index (Phi) is 4.68. The molecule has 2 aromatic heterocycles. The number of nitrogens with zero attached hydrogens (tertiary/aromatic N) is 5. The molecule has 7 nitrogen and oxygen atoms in total. The summed E-state index contributed by atoms with van der Waals surface area (Å²) in [5.41, 5.74) is 3.46. The number of benzene rings is 1. The standard InChI is InChI=1S/C24H27N5O2/c1-26(2)19-6-4-17(5-7-19)23(30)28-13-16-12-18(15-28)21-9-8-20(24(31)29(21)14-16)22-25-10-11-27(22)3/h4-11,16,18H,12-15H2,1-3H3/t16-,18+/m0/s1. The van der Waals surface area contributed by atoms with E-state index >= 15 is 0 Å². The van der Waals surface area contributed by atoms with Gasteiger partial charge in [0.25, 0.3) is 11.5 Å². The first kappa shape index (κ1) is 19.6. The van der Waals surface area contributed by atoms with Gasteiger partial charge in [0.05, 0.1) is 5.56 Å². The smallest absolute Gasteiger partial charge is 0.261 e. The first-order valence-corrected chi connectivity index (χ1v) is 10.7. The number of pyridine rings is 1. The molecule has 1 amide bonds. The Hall–Kier alpha value is -3.35. The number of anilines is 1. The van der Waals surface area contributed by atoms with Crippen LogP contribution in [0.3, 0.4) is 0 Å². The molecule has 1 aromatic carbocycles. The van der Waals surface area contributed by atoms with E-state index in [9.17, 15) is 9.59 Å². The quantitative estimate of drug-likeness (QED) is 0.657. The van der Waals surface area contributed by atoms with Crippen LogP contribution >= 0.6 is 0 Å². The maximum Gasteiger partial charge on any atom is 0.261 e. The van der Waals surface area contributed by atoms with Crippen LogP contribution in [0.5, 0.6) is 0 Å². The fourth-order valence-electron chi connectivity index (χ4n) is 4.99. The lowest BCUT2D eigenvalue weighted by Gasteiger charge is -2.43. The number of carbonyl (C=O) groups is 1. The van der Waals surface area contributed by atoms with E-state index in [1.54, 1.807) is 6.20 Å². The molecule has 5 rings (SSSR count). The van der Waals surface area contributed by atoms with Crippen LogP contribution in [0.25, 0.3) is 11.4 Å². The van der Waals surface area contributed by atoms with Crippen molar-refractivity contribution in [3.8, 4) is 11.4 Å². The van der Waals surface area contributed by atoms with Gasteiger partial charge in [-0.1, -0.05) is 0 Å². The number of aryl methyl sites for hydroxylation is 1. The number of carbonyl (C=O) groups excluding carboxylic acids is 1. The highest BCUT2D eigenvalue weighted by molar-refractivity contribution is 5.94. The molecule has 0 aliphatic carbocycles. The van der Waals surface area contributed by atoms with E-state index < -0.39 is 0 Å². The van der Waals surface area contributed by atoms with E-state index in [2.05, 4.69) is 4.98 Å². The number of aromatic nitrogens is 3. The molecule has 2 aliphatic heterocycles. The predicted molar refractivity (Wildman–Crippen MR) is 120 cm³/mol. The van der Waals surface area contributed by atoms with E-state index in [1.165, 1.54) is 0 Å². The van der Waals surface area contributed by atoms with E-state index in [4.69, 9.17) is 0 Å². The molecule has 7 heteroatoms. The molecule has 0 unspecified atom stereocenters. The van der Waals surface area contributed by atoms with Crippen LogP contribution in [0.15, 0.2) is 53.6 Å². The zero-order chi connectivity index (χ0) is 21.7. The molecule has 0 radical (unpaired) electrons. The molecule has 4 heterocycles. The molecule has 3 aromatic rings. The van der Waals surface area contributed by atoms with Gasteiger partial charge in [-0.05, 0) is 48.7 Å². The fraction of sp³-hybridized carbons (Fsp3) is 0.375. The van der Waals surface area contributed by atoms with Crippen LogP contribution in [0, 0.1) is 5.92 Å². The van der Waals surface area contributed by atoms with Gasteiger partial charge >= 0.3 is 0 Å². The van der Waals surface area contributed by atoms with Crippen molar-refractivity contribution in [1.82, 2.24) is 19.0 Å². The van der Waals surface area contributed by atoms with Crippen LogP contribution in [0.2, 0.25) is 0 Å². The molecule has 0 spiro atoms. The summed E-state index contributed by atoms with van der Waals surface area (Å²) in [5, 5.41) is 0. The predicted octanol–water partition coefficient (Wildman–Crippen LogP) is 2.57. The fourth-order valence-corrected chi connectivity index (χ4v) is 4.99. The maximum atomic E-state index is 13.2. The van der Waals surface area contributed by atoms with Crippen LogP contribution in [-0.2, 0) is 13.6 Å². The lowest BCUT2D eigenvalue weighted by molar-refractivity contribution is 0.0594. The normalized spacial score (nSPS) is 19.8. The Morgan fingerprint density at radius 3 is 2.52 bits per heavy atom. The largest absolute Gasteiger partial charge is 0.378 e. The second kappa shape index (κ2) is 7.41. The Labute approximate surface area is 181 Å². The van der Waals surface area contributed by atoms with Gasteiger partial charge in [0.15, 0.2) is 0 Å². The van der Waals surface area contributed by atoms with Gasteiger partial charge < -0.3 is 18.9 Å². The molecular weight excluding hydrogens is 390 g/mol. The third-order valence-electron chi connectivity index (χ3n) is 6.58. The Morgan fingerprint density at radius 1 is 1.06 bits per heavy atom. The van der Waals surface area contributed by atoms with Crippen molar-refractivity contribution in [2.45, 2.75) is 18.9 Å². The molecule has 1 fully saturated rings. The number of hydrogen-bond acceptors (Lipinski definition) is 4. The first-order valence-electron chi connectivity index (χ1n) is 10.7. The number of likely N-dealkylation sites (tertiary alicyclic amines) is 1. The van der Waals surface area contributed by atoms with E-state index in [-0.39, 0.29) is 23.3 Å². The Morgan fingerprint density at radius 2 is 1.84 bits per heavy atom. The van der Waals surface area contributed by atoms with Gasteiger partial charge in [0.2, 0.25) is 0 Å². The topological polar surface area (TPSA) is 63.4 Å². The summed E-state index contributed by atoms with van der Waals surface area (Å²) in [6.45, 7) is 1.97. The molecule has 1 saturated heterocycles. The number of amides is 1. The first-order chi connectivity index (χ1) is 14.9. The Bertz CT molecular complexity index is 1190. The van der Waals surface area contributed by atoms with Gasteiger partial charge in [-0.2, -0.15) is 0 Å². The van der Waals surface area contributed by atoms with Crippen molar-refractivity contribution in [3.05, 3.63) is 70.4 Å². The lowest BCUT2D eigenvalue weighted by Crippen LogP contribution is -2.49. The highest BCUT2D eigenvalue weighted by atomic mass is 16.2. The second-order valence-corrected chi connectivity index (χ2v) is 8.90. The van der Waals surface area contributed by atoms with Gasteiger partial charge in [-0.15, -0.1) is 0 Å². The second-order valence-electron chi connectivity index (χ2n) is 8.90. The average molecular weight is 418 g/mol. The van der Waals surface area contributed by atoms with E-state index in [0.29, 0.717) is 36.6 Å². The molecule has 0 N–H and O–H groups in total. The van der Waals surface area contributed by atoms with Crippen molar-refractivity contribution in [2.75, 3.05) is 32.1 Å². The molecule has 31 heavy (non-hydrogen) atoms. The van der Waals surface area contributed by atoms with E-state index in [1.807, 2.05) is 82.7 Å². The molecule has 2 atom stereocenters. The molecular formula is C24H27N5O2. The monoisotopic (exact) mass is 417 g/mol. The molecule has 0 saturated carbocycles. The number of fused-ring (bicyclic) bond motifs is 4. The Balaban J connectivity index is 1.42. The zero-order valence-electron chi connectivity index (χ0n) is 18.2. The third-order valence-corrected chi connectivity index (χ3v) is 6.58. The third kappa shape index (κ3) is 3.34. The molecule has 160 valence electrons. The van der Waals surface area contributed by atoms with Gasteiger partial charge in [0, 0.05) is 76.0 Å².